The lowest BCUT2D eigenvalue weighted by Crippen LogP contribution is -2.32. The Morgan fingerprint density at radius 1 is 1.07 bits per heavy atom. The molecule has 0 amide bonds. The minimum absolute atomic E-state index is 0.0538. The Bertz CT molecular complexity index is 855. The summed E-state index contributed by atoms with van der Waals surface area (Å²) >= 11 is 3.72. The molecule has 1 atom stereocenters. The van der Waals surface area contributed by atoms with Gasteiger partial charge < -0.3 is 5.11 Å². The van der Waals surface area contributed by atoms with Crippen molar-refractivity contribution in [3.63, 3.8) is 0 Å². The minimum Gasteiger partial charge on any atom is -0.384 e. The van der Waals surface area contributed by atoms with Crippen molar-refractivity contribution in [2.75, 3.05) is 0 Å². The van der Waals surface area contributed by atoms with Gasteiger partial charge in [-0.2, -0.15) is 0 Å². The Morgan fingerprint density at radius 2 is 1.82 bits per heavy atom. The van der Waals surface area contributed by atoms with Crippen LogP contribution in [0.5, 0.6) is 0 Å². The van der Waals surface area contributed by atoms with Crippen molar-refractivity contribution < 1.29 is 5.11 Å². The first-order chi connectivity index (χ1) is 13.1. The number of thiophene rings is 1. The van der Waals surface area contributed by atoms with Crippen molar-refractivity contribution in [2.24, 2.45) is 0 Å². The Labute approximate surface area is 178 Å². The molecular formula is C24H35NOS2. The van der Waals surface area contributed by atoms with Crippen LogP contribution in [0.25, 0.3) is 0 Å². The van der Waals surface area contributed by atoms with Crippen LogP contribution in [0, 0.1) is 0 Å². The van der Waals surface area contributed by atoms with Gasteiger partial charge in [0, 0.05) is 10.3 Å². The molecule has 4 heteroatoms. The highest BCUT2D eigenvalue weighted by Crippen LogP contribution is 2.47. The second-order valence-electron chi connectivity index (χ2n) is 10.6. The first kappa shape index (κ1) is 20.6. The van der Waals surface area contributed by atoms with Gasteiger partial charge in [-0.15, -0.1) is 22.7 Å². The molecule has 2 aliphatic carbocycles. The molecule has 1 unspecified atom stereocenters. The molecule has 2 aliphatic rings. The molecule has 0 fully saturated rings. The largest absolute Gasteiger partial charge is 0.384 e. The summed E-state index contributed by atoms with van der Waals surface area (Å²) in [6, 6.07) is 0. The fourth-order valence-electron chi connectivity index (χ4n) is 4.83. The van der Waals surface area contributed by atoms with E-state index in [-0.39, 0.29) is 10.8 Å². The van der Waals surface area contributed by atoms with Crippen molar-refractivity contribution >= 4 is 22.7 Å². The summed E-state index contributed by atoms with van der Waals surface area (Å²) in [6.45, 7) is 11.4. The number of fused-ring (bicyclic) bond motifs is 2. The van der Waals surface area contributed by atoms with Crippen LogP contribution in [-0.4, -0.2) is 10.1 Å². The molecule has 4 rings (SSSR count). The lowest BCUT2D eigenvalue weighted by Gasteiger charge is -2.35. The zero-order valence-corrected chi connectivity index (χ0v) is 19.8. The van der Waals surface area contributed by atoms with Gasteiger partial charge in [0.25, 0.3) is 0 Å². The van der Waals surface area contributed by atoms with E-state index in [4.69, 9.17) is 4.98 Å². The summed E-state index contributed by atoms with van der Waals surface area (Å²) in [5, 5.41) is 15.2. The van der Waals surface area contributed by atoms with Crippen molar-refractivity contribution in [3.05, 3.63) is 37.0 Å². The highest BCUT2D eigenvalue weighted by atomic mass is 32.1. The average Bonchev–Trinajstić information content (AvgIpc) is 3.25. The fourth-order valence-corrected chi connectivity index (χ4v) is 7.46. The maximum absolute atomic E-state index is 11.7. The number of thiazole rings is 1. The standard InChI is InChI=1S/C24H35NOS2/c1-22(2,3)21-25-18-11-8-12-24(26,20(18)28-21)14-13-23(4,5)19-17-10-7-6-9-16(17)15-27-19/h15,26H,6-14H2,1-5H3. The highest BCUT2D eigenvalue weighted by Gasteiger charge is 2.40. The third-order valence-electron chi connectivity index (χ3n) is 6.65. The van der Waals surface area contributed by atoms with Gasteiger partial charge in [0.2, 0.25) is 0 Å². The summed E-state index contributed by atoms with van der Waals surface area (Å²) in [5.41, 5.74) is 3.87. The fraction of sp³-hybridized carbons (Fsp3) is 0.708. The summed E-state index contributed by atoms with van der Waals surface area (Å²) in [7, 11) is 0. The molecule has 0 saturated carbocycles. The van der Waals surface area contributed by atoms with E-state index in [0.29, 0.717) is 0 Å². The normalized spacial score (nSPS) is 22.8. The van der Waals surface area contributed by atoms with Crippen LogP contribution < -0.4 is 0 Å². The van der Waals surface area contributed by atoms with Gasteiger partial charge in [-0.05, 0) is 79.7 Å². The molecule has 2 heterocycles. The van der Waals surface area contributed by atoms with E-state index in [1.807, 2.05) is 11.3 Å². The summed E-state index contributed by atoms with van der Waals surface area (Å²) in [6.07, 6.45) is 9.98. The SMILES string of the molecule is CC(C)(C)c1nc2c(s1)C(O)(CCC(C)(C)c1scc3c1CCCC3)CCC2. The van der Waals surface area contributed by atoms with E-state index in [2.05, 4.69) is 40.0 Å². The molecule has 0 aliphatic heterocycles. The third-order valence-corrected chi connectivity index (χ3v) is 9.80. The first-order valence-corrected chi connectivity index (χ1v) is 12.6. The Morgan fingerprint density at radius 3 is 2.57 bits per heavy atom. The van der Waals surface area contributed by atoms with E-state index in [1.54, 1.807) is 27.3 Å². The maximum atomic E-state index is 11.7. The molecule has 28 heavy (non-hydrogen) atoms. The van der Waals surface area contributed by atoms with E-state index in [9.17, 15) is 5.11 Å². The van der Waals surface area contributed by atoms with Crippen molar-refractivity contribution in [2.45, 2.75) is 109 Å². The van der Waals surface area contributed by atoms with E-state index in [0.717, 1.165) is 42.7 Å². The highest BCUT2D eigenvalue weighted by molar-refractivity contribution is 7.12. The molecule has 0 bridgehead atoms. The molecule has 0 aromatic carbocycles. The van der Waals surface area contributed by atoms with Gasteiger partial charge in [-0.3, -0.25) is 0 Å². The molecule has 1 N–H and O–H groups in total. The molecular weight excluding hydrogens is 382 g/mol. The van der Waals surface area contributed by atoms with Crippen LogP contribution in [0.2, 0.25) is 0 Å². The lowest BCUT2D eigenvalue weighted by molar-refractivity contribution is 0.00683. The van der Waals surface area contributed by atoms with E-state index < -0.39 is 5.60 Å². The molecule has 0 spiro atoms. The second kappa shape index (κ2) is 7.21. The molecule has 2 nitrogen and oxygen atoms in total. The van der Waals surface area contributed by atoms with Gasteiger partial charge in [-0.1, -0.05) is 34.6 Å². The number of rotatable bonds is 4. The Kier molecular flexibility index (Phi) is 5.29. The predicted molar refractivity (Wildman–Crippen MR) is 121 cm³/mol. The third kappa shape index (κ3) is 3.73. The van der Waals surface area contributed by atoms with Crippen molar-refractivity contribution in [1.82, 2.24) is 4.98 Å². The van der Waals surface area contributed by atoms with Crippen LogP contribution in [0.1, 0.15) is 105 Å². The molecule has 2 aromatic rings. The van der Waals surface area contributed by atoms with Crippen LogP contribution in [0.3, 0.4) is 0 Å². The van der Waals surface area contributed by atoms with Gasteiger partial charge in [0.05, 0.1) is 15.6 Å². The van der Waals surface area contributed by atoms with Crippen LogP contribution in [0.4, 0.5) is 0 Å². The van der Waals surface area contributed by atoms with Gasteiger partial charge in [0.15, 0.2) is 0 Å². The van der Waals surface area contributed by atoms with Gasteiger partial charge >= 0.3 is 0 Å². The molecule has 2 aromatic heterocycles. The predicted octanol–water partition coefficient (Wildman–Crippen LogP) is 6.66. The molecule has 0 saturated heterocycles. The number of aromatic nitrogens is 1. The first-order valence-electron chi connectivity index (χ1n) is 10.9. The average molecular weight is 418 g/mol. The zero-order chi connectivity index (χ0) is 20.2. The van der Waals surface area contributed by atoms with Crippen LogP contribution in [0.15, 0.2) is 5.38 Å². The van der Waals surface area contributed by atoms with Crippen molar-refractivity contribution in [3.8, 4) is 0 Å². The molecule has 0 radical (unpaired) electrons. The van der Waals surface area contributed by atoms with E-state index >= 15 is 0 Å². The van der Waals surface area contributed by atoms with E-state index in [1.165, 1.54) is 30.7 Å². The summed E-state index contributed by atoms with van der Waals surface area (Å²) in [5.74, 6) is 0. The number of hydrogen-bond donors (Lipinski definition) is 1. The second-order valence-corrected chi connectivity index (χ2v) is 12.5. The number of hydrogen-bond acceptors (Lipinski definition) is 4. The number of aliphatic hydroxyl groups is 1. The molecule has 154 valence electrons. The Hall–Kier alpha value is -0.710. The summed E-state index contributed by atoms with van der Waals surface area (Å²) in [4.78, 5) is 7.66. The van der Waals surface area contributed by atoms with Crippen LogP contribution >= 0.6 is 22.7 Å². The van der Waals surface area contributed by atoms with Gasteiger partial charge in [0.1, 0.15) is 5.60 Å². The monoisotopic (exact) mass is 417 g/mol. The Balaban J connectivity index is 1.57. The summed E-state index contributed by atoms with van der Waals surface area (Å²) < 4.78 is 0. The maximum Gasteiger partial charge on any atom is 0.101 e. The minimum atomic E-state index is -0.691. The number of nitrogens with zero attached hydrogens (tertiary/aromatic N) is 1. The number of aryl methyl sites for hydroxylation is 2. The zero-order valence-electron chi connectivity index (χ0n) is 18.2. The van der Waals surface area contributed by atoms with Crippen molar-refractivity contribution in [1.29, 1.82) is 0 Å². The van der Waals surface area contributed by atoms with Gasteiger partial charge in [-0.25, -0.2) is 4.98 Å². The lowest BCUT2D eigenvalue weighted by atomic mass is 9.75. The quantitative estimate of drug-likeness (QED) is 0.603. The topological polar surface area (TPSA) is 33.1 Å². The van der Waals surface area contributed by atoms with Crippen LogP contribution in [-0.2, 0) is 35.7 Å². The smallest absolute Gasteiger partial charge is 0.101 e.